The minimum absolute atomic E-state index is 0.123. The second-order valence-corrected chi connectivity index (χ2v) is 4.53. The Labute approximate surface area is 117 Å². The van der Waals surface area contributed by atoms with E-state index in [1.165, 1.54) is 6.08 Å². The third-order valence-electron chi connectivity index (χ3n) is 3.05. The van der Waals surface area contributed by atoms with Gasteiger partial charge in [-0.05, 0) is 36.6 Å². The van der Waals surface area contributed by atoms with Crippen LogP contribution in [-0.4, -0.2) is 37.5 Å². The van der Waals surface area contributed by atoms with Crippen LogP contribution >= 0.6 is 0 Å². The van der Waals surface area contributed by atoms with Crippen LogP contribution in [0.5, 0.6) is 11.5 Å². The zero-order valence-electron chi connectivity index (χ0n) is 11.4. The van der Waals surface area contributed by atoms with Gasteiger partial charge in [0.2, 0.25) is 0 Å². The Morgan fingerprint density at radius 1 is 1.50 bits per heavy atom. The molecule has 5 nitrogen and oxygen atoms in total. The fraction of sp³-hybridized carbons (Fsp3) is 0.400. The van der Waals surface area contributed by atoms with Crippen LogP contribution in [0.25, 0.3) is 6.08 Å². The van der Waals surface area contributed by atoms with Crippen molar-refractivity contribution in [2.45, 2.75) is 18.9 Å². The van der Waals surface area contributed by atoms with E-state index < -0.39 is 5.97 Å². The van der Waals surface area contributed by atoms with Gasteiger partial charge in [-0.25, -0.2) is 4.79 Å². The molecule has 5 heteroatoms. The molecule has 0 aliphatic carbocycles. The number of aliphatic carboxylic acids is 1. The third kappa shape index (κ3) is 3.99. The second-order valence-electron chi connectivity index (χ2n) is 4.53. The van der Waals surface area contributed by atoms with E-state index >= 15 is 0 Å². The predicted octanol–water partition coefficient (Wildman–Crippen LogP) is 2.35. The lowest BCUT2D eigenvalue weighted by Gasteiger charge is -2.14. The molecule has 108 valence electrons. The molecule has 20 heavy (non-hydrogen) atoms. The number of carbonyl (C=O) groups is 1. The summed E-state index contributed by atoms with van der Waals surface area (Å²) in [4.78, 5) is 10.5. The number of methoxy groups -OCH3 is 1. The molecule has 0 radical (unpaired) electrons. The van der Waals surface area contributed by atoms with E-state index in [0.717, 1.165) is 31.1 Å². The van der Waals surface area contributed by atoms with Gasteiger partial charge in [0.25, 0.3) is 0 Å². The normalized spacial score (nSPS) is 18.4. The summed E-state index contributed by atoms with van der Waals surface area (Å²) < 4.78 is 16.5. The van der Waals surface area contributed by atoms with Gasteiger partial charge in [0.15, 0.2) is 11.5 Å². The molecule has 1 aliphatic heterocycles. The van der Waals surface area contributed by atoms with Crippen molar-refractivity contribution in [1.82, 2.24) is 0 Å². The summed E-state index contributed by atoms with van der Waals surface area (Å²) in [5.41, 5.74) is 0.746. The van der Waals surface area contributed by atoms with Crippen LogP contribution in [0, 0.1) is 0 Å². The number of hydrogen-bond acceptors (Lipinski definition) is 4. The first-order chi connectivity index (χ1) is 9.69. The Morgan fingerprint density at radius 3 is 3.00 bits per heavy atom. The van der Waals surface area contributed by atoms with E-state index in [0.29, 0.717) is 18.1 Å². The highest BCUT2D eigenvalue weighted by Gasteiger charge is 2.17. The van der Waals surface area contributed by atoms with Crippen molar-refractivity contribution in [2.24, 2.45) is 0 Å². The van der Waals surface area contributed by atoms with Gasteiger partial charge in [-0.2, -0.15) is 0 Å². The van der Waals surface area contributed by atoms with Crippen molar-refractivity contribution in [3.8, 4) is 11.5 Å². The molecule has 0 aromatic heterocycles. The van der Waals surface area contributed by atoms with E-state index in [1.807, 2.05) is 0 Å². The second kappa shape index (κ2) is 6.96. The molecule has 1 aromatic carbocycles. The van der Waals surface area contributed by atoms with E-state index in [-0.39, 0.29) is 6.10 Å². The number of benzene rings is 1. The first-order valence-electron chi connectivity index (χ1n) is 6.52. The van der Waals surface area contributed by atoms with Gasteiger partial charge < -0.3 is 19.3 Å². The zero-order valence-corrected chi connectivity index (χ0v) is 11.4. The standard InChI is InChI=1S/C15H18O5/c1-18-13-6-4-11(5-7-15(16)17)9-14(13)20-10-12-3-2-8-19-12/h4-7,9,12H,2-3,8,10H2,1H3,(H,16,17)/b7-5+. The lowest BCUT2D eigenvalue weighted by Crippen LogP contribution is -2.16. The van der Waals surface area contributed by atoms with Gasteiger partial charge in [0.1, 0.15) is 6.61 Å². The molecule has 1 aromatic rings. The van der Waals surface area contributed by atoms with Crippen molar-refractivity contribution in [2.75, 3.05) is 20.3 Å². The lowest BCUT2D eigenvalue weighted by molar-refractivity contribution is -0.131. The van der Waals surface area contributed by atoms with Crippen LogP contribution in [-0.2, 0) is 9.53 Å². The third-order valence-corrected chi connectivity index (χ3v) is 3.05. The van der Waals surface area contributed by atoms with Gasteiger partial charge in [-0.1, -0.05) is 6.07 Å². The molecule has 1 heterocycles. The van der Waals surface area contributed by atoms with Gasteiger partial charge >= 0.3 is 5.97 Å². The van der Waals surface area contributed by atoms with Crippen molar-refractivity contribution in [1.29, 1.82) is 0 Å². The quantitative estimate of drug-likeness (QED) is 0.809. The zero-order chi connectivity index (χ0) is 14.4. The molecule has 0 bridgehead atoms. The number of carboxylic acids is 1. The number of ether oxygens (including phenoxy) is 3. The van der Waals surface area contributed by atoms with Crippen LogP contribution in [0.2, 0.25) is 0 Å². The molecule has 2 rings (SSSR count). The SMILES string of the molecule is COc1ccc(/C=C/C(=O)O)cc1OCC1CCCO1. The Hall–Kier alpha value is -2.01. The van der Waals surface area contributed by atoms with Crippen LogP contribution in [0.3, 0.4) is 0 Å². The number of hydrogen-bond donors (Lipinski definition) is 1. The predicted molar refractivity (Wildman–Crippen MR) is 74.1 cm³/mol. The fourth-order valence-corrected chi connectivity index (χ4v) is 2.04. The van der Waals surface area contributed by atoms with Gasteiger partial charge in [0.05, 0.1) is 13.2 Å². The largest absolute Gasteiger partial charge is 0.493 e. The van der Waals surface area contributed by atoms with Gasteiger partial charge in [-0.15, -0.1) is 0 Å². The van der Waals surface area contributed by atoms with Crippen molar-refractivity contribution in [3.05, 3.63) is 29.8 Å². The average molecular weight is 278 g/mol. The summed E-state index contributed by atoms with van der Waals surface area (Å²) in [6.07, 6.45) is 4.79. The highest BCUT2D eigenvalue weighted by Crippen LogP contribution is 2.29. The van der Waals surface area contributed by atoms with Crippen LogP contribution in [0.15, 0.2) is 24.3 Å². The molecule has 0 amide bonds. The molecular weight excluding hydrogens is 260 g/mol. The van der Waals surface area contributed by atoms with Crippen molar-refractivity contribution >= 4 is 12.0 Å². The maximum absolute atomic E-state index is 10.5. The molecule has 1 saturated heterocycles. The number of rotatable bonds is 6. The maximum atomic E-state index is 10.5. The summed E-state index contributed by atoms with van der Waals surface area (Å²) in [7, 11) is 1.57. The first kappa shape index (κ1) is 14.4. The molecule has 0 saturated carbocycles. The van der Waals surface area contributed by atoms with Crippen LogP contribution in [0.4, 0.5) is 0 Å². The highest BCUT2D eigenvalue weighted by molar-refractivity contribution is 5.85. The van der Waals surface area contributed by atoms with E-state index in [2.05, 4.69) is 0 Å². The molecule has 1 atom stereocenters. The molecule has 1 aliphatic rings. The Bertz CT molecular complexity index is 489. The monoisotopic (exact) mass is 278 g/mol. The number of carboxylic acid groups (broad SMARTS) is 1. The summed E-state index contributed by atoms with van der Waals surface area (Å²) in [5.74, 6) is 0.230. The van der Waals surface area contributed by atoms with E-state index in [1.54, 1.807) is 25.3 Å². The summed E-state index contributed by atoms with van der Waals surface area (Å²) >= 11 is 0. The van der Waals surface area contributed by atoms with Crippen molar-refractivity contribution in [3.63, 3.8) is 0 Å². The molecular formula is C15H18O5. The average Bonchev–Trinajstić information content (AvgIpc) is 2.96. The van der Waals surface area contributed by atoms with Crippen LogP contribution in [0.1, 0.15) is 18.4 Å². The fourth-order valence-electron chi connectivity index (χ4n) is 2.04. The lowest BCUT2D eigenvalue weighted by atomic mass is 10.2. The van der Waals surface area contributed by atoms with Gasteiger partial charge in [0, 0.05) is 12.7 Å². The first-order valence-corrected chi connectivity index (χ1v) is 6.52. The minimum Gasteiger partial charge on any atom is -0.493 e. The Kier molecular flexibility index (Phi) is 5.01. The maximum Gasteiger partial charge on any atom is 0.328 e. The highest BCUT2D eigenvalue weighted by atomic mass is 16.5. The Balaban J connectivity index is 2.07. The summed E-state index contributed by atoms with van der Waals surface area (Å²) in [6.45, 7) is 1.26. The molecule has 1 N–H and O–H groups in total. The van der Waals surface area contributed by atoms with Crippen molar-refractivity contribution < 1.29 is 24.1 Å². The molecule has 0 spiro atoms. The van der Waals surface area contributed by atoms with E-state index in [4.69, 9.17) is 19.3 Å². The molecule has 1 fully saturated rings. The minimum atomic E-state index is -0.984. The smallest absolute Gasteiger partial charge is 0.328 e. The summed E-state index contributed by atoms with van der Waals surface area (Å²) in [5, 5.41) is 8.63. The van der Waals surface area contributed by atoms with Gasteiger partial charge in [-0.3, -0.25) is 0 Å². The summed E-state index contributed by atoms with van der Waals surface area (Å²) in [6, 6.07) is 5.29. The van der Waals surface area contributed by atoms with E-state index in [9.17, 15) is 4.79 Å². The Morgan fingerprint density at radius 2 is 2.35 bits per heavy atom. The topological polar surface area (TPSA) is 65.0 Å². The van der Waals surface area contributed by atoms with Crippen LogP contribution < -0.4 is 9.47 Å². The molecule has 1 unspecified atom stereocenters.